The van der Waals surface area contributed by atoms with E-state index in [-0.39, 0.29) is 11.3 Å². The average molecular weight is 278 g/mol. The van der Waals surface area contributed by atoms with E-state index in [2.05, 4.69) is 15.3 Å². The van der Waals surface area contributed by atoms with Crippen molar-refractivity contribution in [2.75, 3.05) is 0 Å². The van der Waals surface area contributed by atoms with Crippen LogP contribution >= 0.6 is 11.6 Å². The maximum absolute atomic E-state index is 12.0. The summed E-state index contributed by atoms with van der Waals surface area (Å²) in [5, 5.41) is 2.51. The summed E-state index contributed by atoms with van der Waals surface area (Å²) in [6, 6.07) is 0.298. The van der Waals surface area contributed by atoms with Gasteiger partial charge in [-0.05, 0) is 25.0 Å². The van der Waals surface area contributed by atoms with Gasteiger partial charge in [0.2, 0.25) is 5.96 Å². The minimum atomic E-state index is -0.239. The van der Waals surface area contributed by atoms with E-state index >= 15 is 0 Å². The minimum absolute atomic E-state index is 0.158. The van der Waals surface area contributed by atoms with Crippen molar-refractivity contribution in [1.82, 2.24) is 5.32 Å². The van der Waals surface area contributed by atoms with Gasteiger partial charge in [0.25, 0.3) is 5.91 Å². The number of rotatable bonds is 1. The normalized spacial score (nSPS) is 29.6. The Labute approximate surface area is 117 Å². The van der Waals surface area contributed by atoms with E-state index in [1.165, 1.54) is 19.3 Å². The highest BCUT2D eigenvalue weighted by molar-refractivity contribution is 6.36. The van der Waals surface area contributed by atoms with Crippen molar-refractivity contribution in [2.45, 2.75) is 43.5 Å². The predicted molar refractivity (Wildman–Crippen MR) is 76.7 cm³/mol. The van der Waals surface area contributed by atoms with E-state index in [4.69, 9.17) is 11.6 Å². The molecule has 0 aromatic carbocycles. The Bertz CT molecular complexity index is 513. The van der Waals surface area contributed by atoms with Gasteiger partial charge < -0.3 is 0 Å². The number of amides is 1. The highest BCUT2D eigenvalue weighted by Crippen LogP contribution is 2.21. The third-order valence-corrected chi connectivity index (χ3v) is 3.89. The molecule has 100 valence electrons. The number of hydrogen-bond donors (Lipinski definition) is 1. The summed E-state index contributed by atoms with van der Waals surface area (Å²) in [6.07, 6.45) is 11.2. The molecule has 0 aromatic rings. The lowest BCUT2D eigenvalue weighted by atomic mass is 9.96. The number of hydrogen-bond acceptors (Lipinski definition) is 2. The minimum Gasteiger partial charge on any atom is -0.291 e. The SMILES string of the molecule is O=C1NC(=NC2CCCCC2)N=C2C=CC(Cl)C=C12. The zero-order valence-corrected chi connectivity index (χ0v) is 11.4. The van der Waals surface area contributed by atoms with Gasteiger partial charge in [0.1, 0.15) is 0 Å². The number of carbonyl (C=O) groups excluding carboxylic acids is 1. The first-order valence-electron chi connectivity index (χ1n) is 6.75. The first-order valence-corrected chi connectivity index (χ1v) is 7.18. The largest absolute Gasteiger partial charge is 0.291 e. The summed E-state index contributed by atoms with van der Waals surface area (Å²) in [4.78, 5) is 21.0. The van der Waals surface area contributed by atoms with Crippen molar-refractivity contribution in [3.8, 4) is 0 Å². The molecule has 2 aliphatic carbocycles. The number of carbonyl (C=O) groups is 1. The fourth-order valence-corrected chi connectivity index (χ4v) is 2.82. The van der Waals surface area contributed by atoms with Crippen molar-refractivity contribution in [3.05, 3.63) is 23.8 Å². The summed E-state index contributed by atoms with van der Waals surface area (Å²) in [5.74, 6) is 0.288. The van der Waals surface area contributed by atoms with Crippen LogP contribution in [0.2, 0.25) is 0 Å². The van der Waals surface area contributed by atoms with Crippen LogP contribution in [0.15, 0.2) is 33.8 Å². The van der Waals surface area contributed by atoms with Gasteiger partial charge in [-0.3, -0.25) is 10.1 Å². The monoisotopic (exact) mass is 277 g/mol. The molecule has 1 heterocycles. The molecule has 0 bridgehead atoms. The zero-order chi connectivity index (χ0) is 13.2. The van der Waals surface area contributed by atoms with Crippen LogP contribution < -0.4 is 5.32 Å². The van der Waals surface area contributed by atoms with Crippen LogP contribution in [0.3, 0.4) is 0 Å². The quantitative estimate of drug-likeness (QED) is 0.735. The maximum Gasteiger partial charge on any atom is 0.259 e. The van der Waals surface area contributed by atoms with Crippen LogP contribution in [0, 0.1) is 0 Å². The molecule has 0 aromatic heterocycles. The maximum atomic E-state index is 12.0. The number of alkyl halides is 1. The number of nitrogens with one attached hydrogen (secondary N) is 1. The van der Waals surface area contributed by atoms with Gasteiger partial charge in [0.15, 0.2) is 0 Å². The number of fused-ring (bicyclic) bond motifs is 1. The number of aliphatic imine (C=N–C) groups is 2. The van der Waals surface area contributed by atoms with Gasteiger partial charge in [-0.1, -0.05) is 25.3 Å². The molecule has 1 amide bonds. The standard InChI is InChI=1S/C14H16ClN3O/c15-9-6-7-12-11(8-9)13(19)18-14(17-12)16-10-4-2-1-3-5-10/h6-10H,1-5H2,(H,16,18,19). The van der Waals surface area contributed by atoms with E-state index < -0.39 is 0 Å². The first-order chi connectivity index (χ1) is 9.22. The van der Waals surface area contributed by atoms with Crippen molar-refractivity contribution >= 4 is 29.2 Å². The Morgan fingerprint density at radius 3 is 2.89 bits per heavy atom. The highest BCUT2D eigenvalue weighted by atomic mass is 35.5. The van der Waals surface area contributed by atoms with Gasteiger partial charge in [-0.2, -0.15) is 0 Å². The van der Waals surface area contributed by atoms with Crippen LogP contribution in [0.1, 0.15) is 32.1 Å². The number of halogens is 1. The lowest BCUT2D eigenvalue weighted by Crippen LogP contribution is -2.39. The predicted octanol–water partition coefficient (Wildman–Crippen LogP) is 2.35. The van der Waals surface area contributed by atoms with Crippen LogP contribution in [0.5, 0.6) is 0 Å². The van der Waals surface area contributed by atoms with Crippen LogP contribution in [-0.4, -0.2) is 29.0 Å². The Kier molecular flexibility index (Phi) is 3.51. The molecule has 0 saturated heterocycles. The third-order valence-electron chi connectivity index (χ3n) is 3.62. The van der Waals surface area contributed by atoms with Gasteiger partial charge in [-0.15, -0.1) is 11.6 Å². The Morgan fingerprint density at radius 2 is 2.11 bits per heavy atom. The van der Waals surface area contributed by atoms with Crippen molar-refractivity contribution in [3.63, 3.8) is 0 Å². The Hall–Kier alpha value is -1.42. The van der Waals surface area contributed by atoms with Crippen LogP contribution in [0.25, 0.3) is 0 Å². The first kappa shape index (κ1) is 12.6. The van der Waals surface area contributed by atoms with E-state index in [0.29, 0.717) is 23.3 Å². The van der Waals surface area contributed by atoms with Gasteiger partial charge in [0.05, 0.1) is 22.7 Å². The summed E-state index contributed by atoms with van der Waals surface area (Å²) >= 11 is 5.97. The fraction of sp³-hybridized carbons (Fsp3) is 0.500. The molecule has 4 nitrogen and oxygen atoms in total. The van der Waals surface area contributed by atoms with Crippen LogP contribution in [-0.2, 0) is 4.79 Å². The number of nitrogens with zero attached hydrogens (tertiary/aromatic N) is 2. The molecule has 1 saturated carbocycles. The van der Waals surface area contributed by atoms with E-state index in [1.54, 1.807) is 12.2 Å². The van der Waals surface area contributed by atoms with Crippen LogP contribution in [0.4, 0.5) is 0 Å². The molecular formula is C14H16ClN3O. The topological polar surface area (TPSA) is 53.8 Å². The number of guanidine groups is 1. The smallest absolute Gasteiger partial charge is 0.259 e. The molecular weight excluding hydrogens is 262 g/mol. The summed E-state index contributed by atoms with van der Waals surface area (Å²) in [6.45, 7) is 0. The second kappa shape index (κ2) is 5.29. The lowest BCUT2D eigenvalue weighted by molar-refractivity contribution is -0.115. The molecule has 1 atom stereocenters. The third kappa shape index (κ3) is 2.78. The number of allylic oxidation sites excluding steroid dienone is 3. The Balaban J connectivity index is 1.84. The fourth-order valence-electron chi connectivity index (χ4n) is 2.62. The van der Waals surface area contributed by atoms with Crippen molar-refractivity contribution in [2.24, 2.45) is 9.98 Å². The second-order valence-electron chi connectivity index (χ2n) is 5.08. The molecule has 3 aliphatic rings. The molecule has 19 heavy (non-hydrogen) atoms. The molecule has 1 fully saturated rings. The molecule has 0 spiro atoms. The summed E-state index contributed by atoms with van der Waals surface area (Å²) in [7, 11) is 0. The zero-order valence-electron chi connectivity index (χ0n) is 10.6. The molecule has 3 rings (SSSR count). The summed E-state index contributed by atoms with van der Waals surface area (Å²) < 4.78 is 0. The lowest BCUT2D eigenvalue weighted by Gasteiger charge is -2.22. The van der Waals surface area contributed by atoms with Crippen molar-refractivity contribution < 1.29 is 4.79 Å². The van der Waals surface area contributed by atoms with Gasteiger partial charge >= 0.3 is 0 Å². The summed E-state index contributed by atoms with van der Waals surface area (Å²) in [5.41, 5.74) is 1.21. The van der Waals surface area contributed by atoms with Gasteiger partial charge in [0, 0.05) is 0 Å². The molecule has 5 heteroatoms. The molecule has 0 radical (unpaired) electrons. The highest BCUT2D eigenvalue weighted by Gasteiger charge is 2.25. The molecule has 1 N–H and O–H groups in total. The average Bonchev–Trinajstić information content (AvgIpc) is 2.41. The van der Waals surface area contributed by atoms with E-state index in [0.717, 1.165) is 12.8 Å². The Morgan fingerprint density at radius 1 is 1.32 bits per heavy atom. The molecule has 1 aliphatic heterocycles. The van der Waals surface area contributed by atoms with E-state index in [9.17, 15) is 4.79 Å². The van der Waals surface area contributed by atoms with Crippen molar-refractivity contribution in [1.29, 1.82) is 0 Å². The van der Waals surface area contributed by atoms with Gasteiger partial charge in [-0.25, -0.2) is 9.98 Å². The second-order valence-corrected chi connectivity index (χ2v) is 5.58. The molecule has 1 unspecified atom stereocenters. The van der Waals surface area contributed by atoms with E-state index in [1.807, 2.05) is 6.08 Å².